The second kappa shape index (κ2) is 9.52. The van der Waals surface area contributed by atoms with Gasteiger partial charge in [0.15, 0.2) is 12.0 Å². The molecule has 2 aliphatic heterocycles. The van der Waals surface area contributed by atoms with Gasteiger partial charge in [-0.05, 0) is 36.5 Å². The molecular weight excluding hydrogens is 482 g/mol. The first-order chi connectivity index (χ1) is 17.4. The number of pyridine rings is 1. The number of amides is 1. The number of fused-ring (bicyclic) bond motifs is 2. The summed E-state index contributed by atoms with van der Waals surface area (Å²) in [7, 11) is 0. The van der Waals surface area contributed by atoms with Gasteiger partial charge in [-0.15, -0.1) is 0 Å². The number of H-pyrrole nitrogens is 1. The number of benzene rings is 1. The summed E-state index contributed by atoms with van der Waals surface area (Å²) in [5.41, 5.74) is 5.63. The van der Waals surface area contributed by atoms with Crippen LogP contribution in [0.4, 0.5) is 0 Å². The molecule has 0 radical (unpaired) electrons. The number of aliphatic hydroxyl groups is 1. The first kappa shape index (κ1) is 23.5. The molecule has 0 saturated carbocycles. The van der Waals surface area contributed by atoms with Gasteiger partial charge in [0.1, 0.15) is 18.3 Å². The molecule has 2 aromatic heterocycles. The normalized spacial score (nSPS) is 27.6. The molecule has 1 amide bonds. The molecule has 3 aliphatic rings. The predicted octanol–water partition coefficient (Wildman–Crippen LogP) is 3.86. The van der Waals surface area contributed by atoms with Crippen LogP contribution in [0.1, 0.15) is 31.7 Å². The highest BCUT2D eigenvalue weighted by Gasteiger charge is 2.48. The van der Waals surface area contributed by atoms with E-state index in [1.165, 1.54) is 11.1 Å². The number of hydrogen-bond acceptors (Lipinski definition) is 6. The maximum absolute atomic E-state index is 11.3. The third-order valence-electron chi connectivity index (χ3n) is 7.14. The van der Waals surface area contributed by atoms with E-state index in [-0.39, 0.29) is 36.9 Å². The molecule has 0 spiro atoms. The minimum atomic E-state index is -0.615. The Bertz CT molecular complexity index is 1320. The molecule has 0 bridgehead atoms. The highest BCUT2D eigenvalue weighted by atomic mass is 35.5. The van der Waals surface area contributed by atoms with Gasteiger partial charge < -0.3 is 29.6 Å². The van der Waals surface area contributed by atoms with E-state index in [4.69, 9.17) is 30.8 Å². The van der Waals surface area contributed by atoms with Crippen molar-refractivity contribution in [2.24, 2.45) is 0 Å². The third kappa shape index (κ3) is 4.50. The molecule has 1 aliphatic carbocycles. The number of carbonyl (C=O) groups is 1. The average Bonchev–Trinajstić information content (AvgIpc) is 3.55. The molecular formula is C27H28ClN3O5. The van der Waals surface area contributed by atoms with Crippen molar-refractivity contribution in [2.75, 3.05) is 13.2 Å². The van der Waals surface area contributed by atoms with Crippen molar-refractivity contribution < 1.29 is 24.1 Å². The number of aromatic amines is 1. The lowest BCUT2D eigenvalue weighted by Gasteiger charge is -2.22. The van der Waals surface area contributed by atoms with Crippen LogP contribution < -0.4 is 10.1 Å². The zero-order valence-electron chi connectivity index (χ0n) is 19.9. The lowest BCUT2D eigenvalue weighted by atomic mass is 9.90. The minimum absolute atomic E-state index is 0.0208. The van der Waals surface area contributed by atoms with E-state index in [0.29, 0.717) is 23.2 Å². The van der Waals surface area contributed by atoms with Gasteiger partial charge in [-0.25, -0.2) is 4.98 Å². The number of aromatic nitrogens is 2. The smallest absolute Gasteiger partial charge is 0.217 e. The molecule has 5 atom stereocenters. The Morgan fingerprint density at radius 1 is 1.17 bits per heavy atom. The van der Waals surface area contributed by atoms with Crippen LogP contribution >= 0.6 is 11.6 Å². The quantitative estimate of drug-likeness (QED) is 0.482. The van der Waals surface area contributed by atoms with Crippen LogP contribution in [0.2, 0.25) is 5.02 Å². The Morgan fingerprint density at radius 3 is 2.69 bits per heavy atom. The van der Waals surface area contributed by atoms with Crippen LogP contribution in [-0.2, 0) is 14.3 Å². The van der Waals surface area contributed by atoms with Gasteiger partial charge in [-0.1, -0.05) is 41.9 Å². The van der Waals surface area contributed by atoms with Gasteiger partial charge in [0.2, 0.25) is 5.91 Å². The van der Waals surface area contributed by atoms with Crippen LogP contribution in [-0.4, -0.2) is 64.7 Å². The van der Waals surface area contributed by atoms with Crippen molar-refractivity contribution in [1.29, 1.82) is 0 Å². The molecule has 9 heteroatoms. The average molecular weight is 510 g/mol. The molecule has 2 saturated heterocycles. The fourth-order valence-electron chi connectivity index (χ4n) is 5.34. The van der Waals surface area contributed by atoms with E-state index in [0.717, 1.165) is 35.9 Å². The van der Waals surface area contributed by atoms with Gasteiger partial charge in [0.25, 0.3) is 0 Å². The predicted molar refractivity (Wildman–Crippen MR) is 136 cm³/mol. The SMILES string of the molecule is CC(=O)NC1CC=C(c2ccc(-c3nc4cc(O[C@@H]5COC6C5OC[C@H]6O)[nH]c4cc3Cl)cc2)CC1. The van der Waals surface area contributed by atoms with Gasteiger partial charge in [0, 0.05) is 24.6 Å². The lowest BCUT2D eigenvalue weighted by molar-refractivity contribution is -0.119. The number of rotatable bonds is 5. The molecule has 36 heavy (non-hydrogen) atoms. The Balaban J connectivity index is 1.18. The Kier molecular flexibility index (Phi) is 6.21. The number of nitrogens with zero attached hydrogens (tertiary/aromatic N) is 1. The third-order valence-corrected chi connectivity index (χ3v) is 7.43. The number of hydrogen-bond donors (Lipinski definition) is 3. The zero-order chi connectivity index (χ0) is 24.8. The molecule has 1 aromatic carbocycles. The lowest BCUT2D eigenvalue weighted by Crippen LogP contribution is -2.34. The summed E-state index contributed by atoms with van der Waals surface area (Å²) in [5, 5.41) is 13.5. The zero-order valence-corrected chi connectivity index (χ0v) is 20.6. The summed E-state index contributed by atoms with van der Waals surface area (Å²) in [6.45, 7) is 2.18. The molecule has 3 aromatic rings. The van der Waals surface area contributed by atoms with E-state index in [2.05, 4.69) is 28.5 Å². The largest absolute Gasteiger partial charge is 0.470 e. The van der Waals surface area contributed by atoms with E-state index < -0.39 is 6.10 Å². The second-order valence-electron chi connectivity index (χ2n) is 9.68. The van der Waals surface area contributed by atoms with Crippen LogP contribution in [0.5, 0.6) is 5.88 Å². The summed E-state index contributed by atoms with van der Waals surface area (Å²) in [6.07, 6.45) is 3.39. The van der Waals surface area contributed by atoms with E-state index in [1.54, 1.807) is 6.92 Å². The molecule has 4 heterocycles. The topological polar surface area (TPSA) is 106 Å². The maximum Gasteiger partial charge on any atom is 0.217 e. The number of halogens is 1. The minimum Gasteiger partial charge on any atom is -0.470 e. The van der Waals surface area contributed by atoms with Crippen molar-refractivity contribution in [3.8, 4) is 17.1 Å². The summed E-state index contributed by atoms with van der Waals surface area (Å²) in [6, 6.07) is 12.2. The van der Waals surface area contributed by atoms with Crippen LogP contribution in [0.15, 0.2) is 42.5 Å². The first-order valence-corrected chi connectivity index (χ1v) is 12.7. The van der Waals surface area contributed by atoms with Crippen molar-refractivity contribution in [3.05, 3.63) is 53.1 Å². The summed E-state index contributed by atoms with van der Waals surface area (Å²) in [5.74, 6) is 0.578. The first-order valence-electron chi connectivity index (χ1n) is 12.3. The standard InChI is InChI=1S/C27H28ClN3O5/c1-14(32)29-18-8-6-16(7-9-18)15-2-4-17(5-3-15)25-19(28)10-20-21(31-25)11-24(30-20)36-23-13-35-26-22(33)12-34-27(23)26/h2-6,10-11,18,22-23,26-27,30,33H,7-9,12-13H2,1H3,(H,29,32)/t18?,22-,23-,26?,27?/m1/s1. The van der Waals surface area contributed by atoms with Gasteiger partial charge >= 0.3 is 0 Å². The Morgan fingerprint density at radius 2 is 1.94 bits per heavy atom. The van der Waals surface area contributed by atoms with E-state index in [1.807, 2.05) is 24.3 Å². The molecule has 188 valence electrons. The molecule has 3 N–H and O–H groups in total. The van der Waals surface area contributed by atoms with Crippen LogP contribution in [0.25, 0.3) is 27.9 Å². The highest BCUT2D eigenvalue weighted by Crippen LogP contribution is 2.34. The van der Waals surface area contributed by atoms with Gasteiger partial charge in [-0.3, -0.25) is 4.79 Å². The second-order valence-corrected chi connectivity index (χ2v) is 10.1. The fraction of sp³-hybridized carbons (Fsp3) is 0.407. The van der Waals surface area contributed by atoms with Crippen LogP contribution in [0, 0.1) is 0 Å². The fourth-order valence-corrected chi connectivity index (χ4v) is 5.60. The van der Waals surface area contributed by atoms with Gasteiger partial charge in [0.05, 0.1) is 35.0 Å². The Labute approximate surface area is 213 Å². The molecule has 8 nitrogen and oxygen atoms in total. The number of carbonyl (C=O) groups excluding carboxylic acids is 1. The summed E-state index contributed by atoms with van der Waals surface area (Å²) < 4.78 is 17.4. The van der Waals surface area contributed by atoms with Crippen molar-refractivity contribution in [3.63, 3.8) is 0 Å². The summed E-state index contributed by atoms with van der Waals surface area (Å²) in [4.78, 5) is 19.3. The van der Waals surface area contributed by atoms with Gasteiger partial charge in [-0.2, -0.15) is 0 Å². The number of aliphatic hydroxyl groups excluding tert-OH is 1. The van der Waals surface area contributed by atoms with Crippen molar-refractivity contribution in [1.82, 2.24) is 15.3 Å². The Hall–Kier alpha value is -2.91. The monoisotopic (exact) mass is 509 g/mol. The maximum atomic E-state index is 11.3. The van der Waals surface area contributed by atoms with E-state index >= 15 is 0 Å². The number of allylic oxidation sites excluding steroid dienone is 1. The highest BCUT2D eigenvalue weighted by molar-refractivity contribution is 6.33. The molecule has 3 unspecified atom stereocenters. The van der Waals surface area contributed by atoms with Crippen molar-refractivity contribution in [2.45, 2.75) is 56.6 Å². The van der Waals surface area contributed by atoms with Crippen LogP contribution in [0.3, 0.4) is 0 Å². The van der Waals surface area contributed by atoms with E-state index in [9.17, 15) is 9.90 Å². The number of nitrogens with one attached hydrogen (secondary N) is 2. The summed E-state index contributed by atoms with van der Waals surface area (Å²) >= 11 is 6.62. The van der Waals surface area contributed by atoms with Crippen molar-refractivity contribution >= 4 is 34.1 Å². The molecule has 2 fully saturated rings. The molecule has 6 rings (SSSR count). The number of ether oxygens (including phenoxy) is 3.